The highest BCUT2D eigenvalue weighted by Crippen LogP contribution is 2.34. The Labute approximate surface area is 70.8 Å². The molecule has 1 rings (SSSR count). The molecule has 0 saturated carbocycles. The number of aldehydes is 1. The molecule has 1 N–H and O–H groups in total. The molecular formula is C7H4F3NO2. The molecule has 0 radical (unpaired) electrons. The van der Waals surface area contributed by atoms with Crippen LogP contribution in [0.15, 0.2) is 12.3 Å². The van der Waals surface area contributed by atoms with Crippen molar-refractivity contribution in [2.45, 2.75) is 6.18 Å². The van der Waals surface area contributed by atoms with Gasteiger partial charge in [0.05, 0.1) is 6.20 Å². The fourth-order valence-electron chi connectivity index (χ4n) is 0.756. The van der Waals surface area contributed by atoms with Gasteiger partial charge in [0.1, 0.15) is 17.0 Å². The molecule has 0 bridgehead atoms. The summed E-state index contributed by atoms with van der Waals surface area (Å²) in [6.07, 6.45) is -3.91. The van der Waals surface area contributed by atoms with Crippen LogP contribution in [0.5, 0.6) is 5.75 Å². The van der Waals surface area contributed by atoms with Crippen LogP contribution in [0.4, 0.5) is 13.2 Å². The molecule has 0 unspecified atom stereocenters. The van der Waals surface area contributed by atoms with Crippen LogP contribution >= 0.6 is 0 Å². The van der Waals surface area contributed by atoms with Gasteiger partial charge in [0.25, 0.3) is 0 Å². The molecule has 0 saturated heterocycles. The summed E-state index contributed by atoms with van der Waals surface area (Å²) in [5.74, 6) is -0.988. The van der Waals surface area contributed by atoms with E-state index in [0.29, 0.717) is 12.3 Å². The van der Waals surface area contributed by atoms with Crippen molar-refractivity contribution in [1.29, 1.82) is 0 Å². The summed E-state index contributed by atoms with van der Waals surface area (Å²) in [7, 11) is 0. The van der Waals surface area contributed by atoms with Gasteiger partial charge in [-0.2, -0.15) is 13.2 Å². The number of carbonyl (C=O) groups is 1. The number of halogens is 3. The summed E-state index contributed by atoms with van der Waals surface area (Å²) < 4.78 is 36.2. The lowest BCUT2D eigenvalue weighted by Gasteiger charge is -2.07. The van der Waals surface area contributed by atoms with E-state index in [1.54, 1.807) is 0 Å². The van der Waals surface area contributed by atoms with Crippen molar-refractivity contribution >= 4 is 6.29 Å². The lowest BCUT2D eigenvalue weighted by Crippen LogP contribution is -2.06. The average molecular weight is 191 g/mol. The monoisotopic (exact) mass is 191 g/mol. The summed E-state index contributed by atoms with van der Waals surface area (Å²) in [6.45, 7) is 0. The van der Waals surface area contributed by atoms with Gasteiger partial charge in [0, 0.05) is 0 Å². The smallest absolute Gasteiger partial charge is 0.420 e. The Morgan fingerprint density at radius 1 is 1.46 bits per heavy atom. The molecule has 0 aliphatic rings. The van der Waals surface area contributed by atoms with Gasteiger partial charge in [-0.1, -0.05) is 0 Å². The zero-order valence-corrected chi connectivity index (χ0v) is 6.17. The Kier molecular flexibility index (Phi) is 2.22. The second kappa shape index (κ2) is 3.04. The highest BCUT2D eigenvalue weighted by molar-refractivity contribution is 5.72. The van der Waals surface area contributed by atoms with Gasteiger partial charge in [-0.25, -0.2) is 4.98 Å². The second-order valence-electron chi connectivity index (χ2n) is 2.24. The molecule has 0 aliphatic heterocycles. The number of hydrogen-bond donors (Lipinski definition) is 1. The summed E-state index contributed by atoms with van der Waals surface area (Å²) in [4.78, 5) is 13.3. The molecule has 13 heavy (non-hydrogen) atoms. The van der Waals surface area contributed by atoms with Crippen LogP contribution in [0.25, 0.3) is 0 Å². The Morgan fingerprint density at radius 2 is 2.08 bits per heavy atom. The number of aromatic hydroxyl groups is 1. The molecule has 1 heterocycles. The van der Waals surface area contributed by atoms with Crippen molar-refractivity contribution in [2.24, 2.45) is 0 Å². The average Bonchev–Trinajstić information content (AvgIpc) is 2.03. The Balaban J connectivity index is 3.27. The van der Waals surface area contributed by atoms with Crippen LogP contribution in [-0.2, 0) is 6.18 Å². The first-order valence-corrected chi connectivity index (χ1v) is 3.16. The predicted molar refractivity (Wildman–Crippen MR) is 36.3 cm³/mol. The molecular weight excluding hydrogens is 187 g/mol. The van der Waals surface area contributed by atoms with E-state index >= 15 is 0 Å². The third-order valence-corrected chi connectivity index (χ3v) is 1.33. The predicted octanol–water partition coefficient (Wildman–Crippen LogP) is 1.62. The topological polar surface area (TPSA) is 50.2 Å². The summed E-state index contributed by atoms with van der Waals surface area (Å²) in [6, 6.07) is 0.488. The molecule has 1 aromatic heterocycles. The number of hydrogen-bond acceptors (Lipinski definition) is 3. The van der Waals surface area contributed by atoms with Gasteiger partial charge in [-0.3, -0.25) is 4.79 Å². The van der Waals surface area contributed by atoms with Crippen LogP contribution < -0.4 is 0 Å². The minimum atomic E-state index is -4.68. The molecule has 70 valence electrons. The van der Waals surface area contributed by atoms with Crippen molar-refractivity contribution in [3.8, 4) is 5.75 Å². The molecule has 6 heteroatoms. The maximum Gasteiger partial charge on any atom is 0.420 e. The Bertz CT molecular complexity index is 335. The van der Waals surface area contributed by atoms with Crippen molar-refractivity contribution in [1.82, 2.24) is 4.98 Å². The fraction of sp³-hybridized carbons (Fsp3) is 0.143. The molecule has 0 aromatic carbocycles. The van der Waals surface area contributed by atoms with Gasteiger partial charge >= 0.3 is 6.18 Å². The van der Waals surface area contributed by atoms with E-state index in [4.69, 9.17) is 5.11 Å². The Hall–Kier alpha value is -1.59. The molecule has 3 nitrogen and oxygen atoms in total. The van der Waals surface area contributed by atoms with E-state index < -0.39 is 17.5 Å². The first-order chi connectivity index (χ1) is 5.95. The first-order valence-electron chi connectivity index (χ1n) is 3.16. The number of alkyl halides is 3. The maximum absolute atomic E-state index is 12.1. The van der Waals surface area contributed by atoms with Crippen LogP contribution in [0.3, 0.4) is 0 Å². The number of nitrogens with zero attached hydrogens (tertiary/aromatic N) is 1. The van der Waals surface area contributed by atoms with Crippen molar-refractivity contribution in [3.05, 3.63) is 23.5 Å². The molecule has 1 aromatic rings. The summed E-state index contributed by atoms with van der Waals surface area (Å²) in [5.41, 5.74) is -1.63. The van der Waals surface area contributed by atoms with Gasteiger partial charge in [-0.15, -0.1) is 0 Å². The van der Waals surface area contributed by atoms with Gasteiger partial charge in [0.2, 0.25) is 0 Å². The fourth-order valence-corrected chi connectivity index (χ4v) is 0.756. The van der Waals surface area contributed by atoms with Crippen LogP contribution in [0.2, 0.25) is 0 Å². The number of rotatable bonds is 1. The number of pyridine rings is 1. The van der Waals surface area contributed by atoms with Crippen LogP contribution in [-0.4, -0.2) is 16.4 Å². The first kappa shape index (κ1) is 9.50. The minimum Gasteiger partial charge on any atom is -0.506 e. The van der Waals surface area contributed by atoms with E-state index in [1.807, 2.05) is 0 Å². The standard InChI is InChI=1S/C7H4F3NO2/c8-7(9,10)5-1-4(3-12)11-2-6(5)13/h1-3,13H. The summed E-state index contributed by atoms with van der Waals surface area (Å²) >= 11 is 0. The highest BCUT2D eigenvalue weighted by Gasteiger charge is 2.34. The van der Waals surface area contributed by atoms with Gasteiger partial charge in [0.15, 0.2) is 6.29 Å². The van der Waals surface area contributed by atoms with Crippen molar-refractivity contribution < 1.29 is 23.1 Å². The van der Waals surface area contributed by atoms with E-state index in [1.165, 1.54) is 0 Å². The van der Waals surface area contributed by atoms with Crippen LogP contribution in [0, 0.1) is 0 Å². The van der Waals surface area contributed by atoms with Gasteiger partial charge in [-0.05, 0) is 6.07 Å². The lowest BCUT2D eigenvalue weighted by molar-refractivity contribution is -0.138. The number of aromatic nitrogens is 1. The molecule has 0 fully saturated rings. The van der Waals surface area contributed by atoms with E-state index in [-0.39, 0.29) is 12.0 Å². The third kappa shape index (κ3) is 1.95. The quantitative estimate of drug-likeness (QED) is 0.686. The van der Waals surface area contributed by atoms with Crippen molar-refractivity contribution in [3.63, 3.8) is 0 Å². The van der Waals surface area contributed by atoms with E-state index in [0.717, 1.165) is 0 Å². The molecule has 0 amide bonds. The minimum absolute atomic E-state index is 0.175. The van der Waals surface area contributed by atoms with E-state index in [2.05, 4.69) is 4.98 Å². The zero-order chi connectivity index (χ0) is 10.1. The molecule has 0 atom stereocenters. The highest BCUT2D eigenvalue weighted by atomic mass is 19.4. The molecule has 0 aliphatic carbocycles. The lowest BCUT2D eigenvalue weighted by atomic mass is 10.2. The maximum atomic E-state index is 12.1. The van der Waals surface area contributed by atoms with Crippen molar-refractivity contribution in [2.75, 3.05) is 0 Å². The Morgan fingerprint density at radius 3 is 2.54 bits per heavy atom. The molecule has 0 spiro atoms. The zero-order valence-electron chi connectivity index (χ0n) is 6.17. The normalized spacial score (nSPS) is 11.3. The second-order valence-corrected chi connectivity index (χ2v) is 2.24. The number of carbonyl (C=O) groups excluding carboxylic acids is 1. The third-order valence-electron chi connectivity index (χ3n) is 1.33. The van der Waals surface area contributed by atoms with E-state index in [9.17, 15) is 18.0 Å². The van der Waals surface area contributed by atoms with Gasteiger partial charge < -0.3 is 5.11 Å². The largest absolute Gasteiger partial charge is 0.506 e. The van der Waals surface area contributed by atoms with Crippen LogP contribution in [0.1, 0.15) is 16.1 Å². The summed E-state index contributed by atoms with van der Waals surface area (Å²) in [5, 5.41) is 8.77. The SMILES string of the molecule is O=Cc1cc(C(F)(F)F)c(O)cn1.